The van der Waals surface area contributed by atoms with Crippen LogP contribution in [0.4, 0.5) is 0 Å². The van der Waals surface area contributed by atoms with E-state index in [1.165, 1.54) is 0 Å². The van der Waals surface area contributed by atoms with E-state index in [0.717, 1.165) is 23.6 Å². The fourth-order valence-corrected chi connectivity index (χ4v) is 4.15. The third kappa shape index (κ3) is 5.20. The molecule has 1 fully saturated rings. The first-order chi connectivity index (χ1) is 11.5. The second-order valence-corrected chi connectivity index (χ2v) is 8.00. The Labute approximate surface area is 175 Å². The number of carboxylic acid groups (broad SMARTS) is 1. The summed E-state index contributed by atoms with van der Waals surface area (Å²) in [4.78, 5) is 46.9. The molecule has 0 aromatic rings. The van der Waals surface area contributed by atoms with Crippen LogP contribution >= 0.6 is 11.8 Å². The Hall–Kier alpha value is -1.12. The van der Waals surface area contributed by atoms with Crippen LogP contribution in [0.2, 0.25) is 0 Å². The van der Waals surface area contributed by atoms with Crippen LogP contribution in [0.5, 0.6) is 0 Å². The second-order valence-electron chi connectivity index (χ2n) is 5.28. The van der Waals surface area contributed by atoms with Crippen molar-refractivity contribution in [1.82, 2.24) is 10.2 Å². The van der Waals surface area contributed by atoms with Crippen molar-refractivity contribution < 1.29 is 67.0 Å². The average molecular weight is 415 g/mol. The number of ether oxygens (including phenoxy) is 1. The van der Waals surface area contributed by atoms with Crippen LogP contribution in [0.3, 0.4) is 0 Å². The molecule has 0 bridgehead atoms. The summed E-state index contributed by atoms with van der Waals surface area (Å²) in [6.07, 6.45) is 0. The number of sulfonamides is 1. The summed E-state index contributed by atoms with van der Waals surface area (Å²) in [5.74, 6) is -4.79. The second kappa shape index (κ2) is 8.71. The first-order valence-electron chi connectivity index (χ1n) is 6.82. The van der Waals surface area contributed by atoms with Gasteiger partial charge in [-0.05, 0) is 0 Å². The summed E-state index contributed by atoms with van der Waals surface area (Å²) >= 11 is 1.14. The maximum atomic E-state index is 12.2. The molecule has 2 aliphatic rings. The minimum Gasteiger partial charge on any atom is -0.543 e. The zero-order chi connectivity index (χ0) is 18.9. The molecular formula is C12H14N3NaO8S2. The topological polar surface area (TPSA) is 176 Å². The Morgan fingerprint density at radius 3 is 2.54 bits per heavy atom. The number of amides is 2. The van der Waals surface area contributed by atoms with Gasteiger partial charge in [-0.25, -0.2) is 13.6 Å². The molecule has 0 aromatic carbocycles. The van der Waals surface area contributed by atoms with Gasteiger partial charge in [0.2, 0.25) is 15.9 Å². The number of esters is 1. The smallest absolute Gasteiger partial charge is 0.543 e. The van der Waals surface area contributed by atoms with Gasteiger partial charge in [-0.1, -0.05) is 0 Å². The number of carbonyl (C=O) groups excluding carboxylic acids is 4. The number of nitrogens with one attached hydrogen (secondary N) is 1. The number of hydrogen-bond donors (Lipinski definition) is 2. The first-order valence-corrected chi connectivity index (χ1v) is 9.59. The molecule has 2 amide bonds. The molecule has 3 N–H and O–H groups in total. The number of β-lactam (4-membered cyclic amide) rings is 1. The molecule has 11 nitrogen and oxygen atoms in total. The quantitative estimate of drug-likeness (QED) is 0.242. The minimum absolute atomic E-state index is 0. The van der Waals surface area contributed by atoms with Gasteiger partial charge in [-0.3, -0.25) is 19.3 Å². The molecule has 0 aromatic heterocycles. The van der Waals surface area contributed by atoms with Gasteiger partial charge in [-0.2, -0.15) is 0 Å². The van der Waals surface area contributed by atoms with Gasteiger partial charge < -0.3 is 20.0 Å². The van der Waals surface area contributed by atoms with E-state index in [0.29, 0.717) is 0 Å². The van der Waals surface area contributed by atoms with E-state index >= 15 is 0 Å². The molecule has 14 heteroatoms. The van der Waals surface area contributed by atoms with Crippen molar-refractivity contribution >= 4 is 45.5 Å². The van der Waals surface area contributed by atoms with Gasteiger partial charge in [0, 0.05) is 18.2 Å². The fourth-order valence-electron chi connectivity index (χ4n) is 2.37. The summed E-state index contributed by atoms with van der Waals surface area (Å²) < 4.78 is 26.5. The summed E-state index contributed by atoms with van der Waals surface area (Å²) in [6.45, 7) is 0.856. The maximum Gasteiger partial charge on any atom is 1.00 e. The van der Waals surface area contributed by atoms with Crippen LogP contribution in [-0.2, 0) is 33.9 Å². The number of primary sulfonamides is 1. The van der Waals surface area contributed by atoms with Crippen molar-refractivity contribution in [3.63, 3.8) is 0 Å². The van der Waals surface area contributed by atoms with Crippen LogP contribution in [-0.4, -0.2) is 66.6 Å². The number of fused-ring (bicyclic) bond motifs is 1. The van der Waals surface area contributed by atoms with E-state index in [2.05, 4.69) is 5.32 Å². The van der Waals surface area contributed by atoms with Gasteiger partial charge in [0.05, 0.1) is 11.7 Å². The predicted octanol–water partition coefficient (Wildman–Crippen LogP) is -6.75. The van der Waals surface area contributed by atoms with Gasteiger partial charge >= 0.3 is 35.5 Å². The Bertz CT molecular complexity index is 781. The molecule has 26 heavy (non-hydrogen) atoms. The summed E-state index contributed by atoms with van der Waals surface area (Å²) in [7, 11) is -4.05. The monoisotopic (exact) mass is 415 g/mol. The number of carbonyl (C=O) groups is 4. The molecule has 0 unspecified atom stereocenters. The molecule has 0 saturated carbocycles. The molecule has 0 radical (unpaired) electrons. The van der Waals surface area contributed by atoms with Crippen molar-refractivity contribution in [2.45, 2.75) is 18.3 Å². The summed E-state index contributed by atoms with van der Waals surface area (Å²) in [6, 6.07) is -1.08. The molecule has 2 atom stereocenters. The van der Waals surface area contributed by atoms with Crippen molar-refractivity contribution in [1.29, 1.82) is 0 Å². The Kier molecular flexibility index (Phi) is 7.68. The van der Waals surface area contributed by atoms with Crippen molar-refractivity contribution in [2.24, 2.45) is 5.14 Å². The Balaban J connectivity index is 0.00000338. The van der Waals surface area contributed by atoms with Crippen molar-refractivity contribution in [3.05, 3.63) is 11.3 Å². The van der Waals surface area contributed by atoms with Crippen LogP contribution in [0, 0.1) is 0 Å². The van der Waals surface area contributed by atoms with Crippen molar-refractivity contribution in [3.8, 4) is 0 Å². The number of nitrogens with zero attached hydrogens (tertiary/aromatic N) is 1. The minimum atomic E-state index is -4.05. The van der Waals surface area contributed by atoms with E-state index in [1.807, 2.05) is 0 Å². The largest absolute Gasteiger partial charge is 1.00 e. The van der Waals surface area contributed by atoms with Crippen LogP contribution in [0.15, 0.2) is 11.3 Å². The van der Waals surface area contributed by atoms with E-state index < -0.39 is 56.6 Å². The van der Waals surface area contributed by atoms with Gasteiger partial charge in [0.1, 0.15) is 23.8 Å². The molecule has 2 heterocycles. The molecular weight excluding hydrogens is 401 g/mol. The number of carboxylic acids is 1. The van der Waals surface area contributed by atoms with E-state index in [4.69, 9.17) is 9.88 Å². The molecule has 2 rings (SSSR count). The summed E-state index contributed by atoms with van der Waals surface area (Å²) in [5, 5.41) is 17.6. The van der Waals surface area contributed by atoms with Gasteiger partial charge in [0.25, 0.3) is 5.91 Å². The normalized spacial score (nSPS) is 21.9. The number of rotatable bonds is 6. The first kappa shape index (κ1) is 22.9. The zero-order valence-electron chi connectivity index (χ0n) is 13.9. The molecule has 0 spiro atoms. The van der Waals surface area contributed by atoms with Gasteiger partial charge in [0.15, 0.2) is 0 Å². The third-order valence-corrected chi connectivity index (χ3v) is 5.34. The number of aliphatic carboxylic acids is 1. The van der Waals surface area contributed by atoms with E-state index in [1.54, 1.807) is 0 Å². The predicted molar refractivity (Wildman–Crippen MR) is 81.7 cm³/mol. The molecule has 2 aliphatic heterocycles. The van der Waals surface area contributed by atoms with Crippen molar-refractivity contribution in [2.75, 3.05) is 18.1 Å². The Morgan fingerprint density at radius 2 is 2.04 bits per heavy atom. The molecule has 1 saturated heterocycles. The van der Waals surface area contributed by atoms with E-state index in [-0.39, 0.29) is 47.5 Å². The van der Waals surface area contributed by atoms with Crippen LogP contribution in [0.1, 0.15) is 6.92 Å². The average Bonchev–Trinajstić information content (AvgIpc) is 2.47. The van der Waals surface area contributed by atoms with Gasteiger partial charge in [-0.15, -0.1) is 11.8 Å². The third-order valence-electron chi connectivity index (χ3n) is 3.34. The molecule has 138 valence electrons. The fraction of sp³-hybridized carbons (Fsp3) is 0.500. The number of hydrogen-bond acceptors (Lipinski definition) is 9. The van der Waals surface area contributed by atoms with Crippen LogP contribution in [0.25, 0.3) is 0 Å². The number of thioether (sulfide) groups is 1. The Morgan fingerprint density at radius 1 is 1.42 bits per heavy atom. The SMILES string of the molecule is CC(=O)OCC1=C(C(=O)[O-])N2C(=O)[C@@H](NC(=O)CS(N)(=O)=O)[C@H]2SC1.[Na+]. The standard InChI is InChI=1S/C12H15N3O8S2.Na/c1-5(16)23-2-6-3-24-11-8(14-7(17)4-25(13,21)22)10(18)15(11)9(6)12(19)20;/h8,11H,2-4H2,1H3,(H,14,17)(H,19,20)(H2,13,21,22);/q;+1/p-1/t8-,11-;/m1./s1. The maximum absolute atomic E-state index is 12.2. The van der Waals surface area contributed by atoms with Crippen LogP contribution < -0.4 is 45.1 Å². The molecule has 0 aliphatic carbocycles. The zero-order valence-corrected chi connectivity index (χ0v) is 17.5. The van der Waals surface area contributed by atoms with E-state index in [9.17, 15) is 32.7 Å². The summed E-state index contributed by atoms with van der Waals surface area (Å²) in [5.41, 5.74) is -0.217. The number of nitrogens with two attached hydrogens (primary N) is 1.